The normalized spacial score (nSPS) is 19.5. The molecule has 0 spiro atoms. The molecule has 2 aromatic carbocycles. The fourth-order valence-electron chi connectivity index (χ4n) is 4.42. The van der Waals surface area contributed by atoms with Gasteiger partial charge < -0.3 is 19.7 Å². The number of fused-ring (bicyclic) bond motifs is 1. The SMILES string of the molecule is COc1cc2c(cc1OC)[C@@H]([C@@H](C)NC(C)=O)[NH+](Cc1cccc(C)c1)CC2. The van der Waals surface area contributed by atoms with Crippen molar-refractivity contribution < 1.29 is 19.2 Å². The van der Waals surface area contributed by atoms with Gasteiger partial charge in [0.05, 0.1) is 26.8 Å². The van der Waals surface area contributed by atoms with Crippen LogP contribution < -0.4 is 19.7 Å². The number of nitrogens with one attached hydrogen (secondary N) is 2. The van der Waals surface area contributed by atoms with Gasteiger partial charge in [0.25, 0.3) is 0 Å². The molecule has 5 heteroatoms. The maximum absolute atomic E-state index is 11.8. The molecule has 0 saturated carbocycles. The molecule has 3 rings (SSSR count). The second kappa shape index (κ2) is 8.65. The fraction of sp³-hybridized carbons (Fsp3) is 0.435. The lowest BCUT2D eigenvalue weighted by atomic mass is 9.87. The molecule has 1 amide bonds. The highest BCUT2D eigenvalue weighted by Gasteiger charge is 2.36. The summed E-state index contributed by atoms with van der Waals surface area (Å²) >= 11 is 0. The minimum absolute atomic E-state index is 0.00462. The van der Waals surface area contributed by atoms with Crippen LogP contribution in [0.5, 0.6) is 11.5 Å². The van der Waals surface area contributed by atoms with Crippen LogP contribution in [0.25, 0.3) is 0 Å². The maximum Gasteiger partial charge on any atom is 0.217 e. The Morgan fingerprint density at radius 2 is 1.93 bits per heavy atom. The summed E-state index contributed by atoms with van der Waals surface area (Å²) in [5.41, 5.74) is 5.09. The fourth-order valence-corrected chi connectivity index (χ4v) is 4.42. The molecule has 150 valence electrons. The van der Waals surface area contributed by atoms with Gasteiger partial charge in [0.1, 0.15) is 12.6 Å². The second-order valence-corrected chi connectivity index (χ2v) is 7.70. The predicted octanol–water partition coefficient (Wildman–Crippen LogP) is 2.22. The molecular formula is C23H31N2O3+. The molecule has 5 nitrogen and oxygen atoms in total. The van der Waals surface area contributed by atoms with Crippen molar-refractivity contribution >= 4 is 5.91 Å². The van der Waals surface area contributed by atoms with E-state index in [4.69, 9.17) is 9.47 Å². The third-order valence-corrected chi connectivity index (χ3v) is 5.58. The molecule has 0 radical (unpaired) electrons. The molecule has 1 heterocycles. The van der Waals surface area contributed by atoms with Gasteiger partial charge in [-0.05, 0) is 31.5 Å². The summed E-state index contributed by atoms with van der Waals surface area (Å²) in [7, 11) is 3.33. The smallest absolute Gasteiger partial charge is 0.217 e. The lowest BCUT2D eigenvalue weighted by molar-refractivity contribution is -0.948. The van der Waals surface area contributed by atoms with Gasteiger partial charge in [-0.15, -0.1) is 0 Å². The van der Waals surface area contributed by atoms with E-state index in [9.17, 15) is 4.79 Å². The Morgan fingerprint density at radius 1 is 1.21 bits per heavy atom. The third kappa shape index (κ3) is 4.30. The van der Waals surface area contributed by atoms with E-state index in [1.807, 2.05) is 0 Å². The Balaban J connectivity index is 2.00. The third-order valence-electron chi connectivity index (χ3n) is 5.58. The molecule has 3 atom stereocenters. The maximum atomic E-state index is 11.8. The average Bonchev–Trinajstić information content (AvgIpc) is 2.66. The number of benzene rings is 2. The van der Waals surface area contributed by atoms with E-state index in [0.29, 0.717) is 0 Å². The molecule has 1 aliphatic heterocycles. The van der Waals surface area contributed by atoms with Crippen molar-refractivity contribution in [2.24, 2.45) is 0 Å². The summed E-state index contributed by atoms with van der Waals surface area (Å²) in [6.07, 6.45) is 0.972. The quantitative estimate of drug-likeness (QED) is 0.804. The van der Waals surface area contributed by atoms with E-state index >= 15 is 0 Å². The van der Waals surface area contributed by atoms with Crippen LogP contribution in [0.2, 0.25) is 0 Å². The summed E-state index contributed by atoms with van der Waals surface area (Å²) < 4.78 is 11.1. The van der Waals surface area contributed by atoms with Gasteiger partial charge >= 0.3 is 0 Å². The number of hydrogen-bond acceptors (Lipinski definition) is 3. The molecule has 0 aromatic heterocycles. The summed E-state index contributed by atoms with van der Waals surface area (Å²) in [6.45, 7) is 7.72. The van der Waals surface area contributed by atoms with Crippen molar-refractivity contribution in [1.29, 1.82) is 0 Å². The Bertz CT molecular complexity index is 850. The van der Waals surface area contributed by atoms with Gasteiger partial charge in [-0.25, -0.2) is 0 Å². The first-order chi connectivity index (χ1) is 13.4. The van der Waals surface area contributed by atoms with E-state index < -0.39 is 0 Å². The van der Waals surface area contributed by atoms with E-state index in [2.05, 4.69) is 55.6 Å². The van der Waals surface area contributed by atoms with Crippen LogP contribution >= 0.6 is 0 Å². The molecule has 0 fully saturated rings. The Kier molecular flexibility index (Phi) is 6.25. The zero-order valence-electron chi connectivity index (χ0n) is 17.5. The number of carbonyl (C=O) groups is 1. The van der Waals surface area contributed by atoms with Gasteiger partial charge in [-0.2, -0.15) is 0 Å². The van der Waals surface area contributed by atoms with Crippen molar-refractivity contribution in [3.63, 3.8) is 0 Å². The largest absolute Gasteiger partial charge is 0.493 e. The number of quaternary nitrogens is 1. The van der Waals surface area contributed by atoms with Crippen molar-refractivity contribution in [2.75, 3.05) is 20.8 Å². The number of ether oxygens (including phenoxy) is 2. The van der Waals surface area contributed by atoms with Gasteiger partial charge in [0, 0.05) is 24.5 Å². The molecule has 2 aromatic rings. The lowest BCUT2D eigenvalue weighted by Crippen LogP contribution is -3.13. The molecule has 1 unspecified atom stereocenters. The molecule has 0 bridgehead atoms. The standard InChI is InChI=1S/C23H30N2O3/c1-15-7-6-8-18(11-15)14-25-10-9-19-12-21(27-4)22(28-5)13-20(19)23(25)16(2)24-17(3)26/h6-8,11-13,16,23H,9-10,14H2,1-5H3,(H,24,26)/p+1/t16-,23-/m1/s1. The molecule has 1 aliphatic rings. The number of aryl methyl sites for hydroxylation is 1. The zero-order chi connectivity index (χ0) is 20.3. The molecule has 0 aliphatic carbocycles. The Labute approximate surface area is 167 Å². The topological polar surface area (TPSA) is 52.0 Å². The molecular weight excluding hydrogens is 352 g/mol. The van der Waals surface area contributed by atoms with Crippen LogP contribution in [-0.4, -0.2) is 32.7 Å². The summed E-state index contributed by atoms with van der Waals surface area (Å²) in [6, 6.07) is 13.0. The summed E-state index contributed by atoms with van der Waals surface area (Å²) in [5, 5.41) is 3.11. The molecule has 0 saturated heterocycles. The van der Waals surface area contributed by atoms with Crippen molar-refractivity contribution in [3.8, 4) is 11.5 Å². The van der Waals surface area contributed by atoms with Crippen LogP contribution in [0.3, 0.4) is 0 Å². The average molecular weight is 384 g/mol. The predicted molar refractivity (Wildman–Crippen MR) is 110 cm³/mol. The first-order valence-corrected chi connectivity index (χ1v) is 9.85. The highest BCUT2D eigenvalue weighted by atomic mass is 16.5. The van der Waals surface area contributed by atoms with E-state index in [1.54, 1.807) is 21.1 Å². The highest BCUT2D eigenvalue weighted by molar-refractivity contribution is 5.73. The van der Waals surface area contributed by atoms with E-state index in [-0.39, 0.29) is 18.0 Å². The summed E-state index contributed by atoms with van der Waals surface area (Å²) in [4.78, 5) is 13.2. The van der Waals surface area contributed by atoms with Crippen molar-refractivity contribution in [1.82, 2.24) is 5.32 Å². The lowest BCUT2D eigenvalue weighted by Gasteiger charge is -2.38. The second-order valence-electron chi connectivity index (χ2n) is 7.70. The van der Waals surface area contributed by atoms with Crippen LogP contribution in [0.1, 0.15) is 42.1 Å². The van der Waals surface area contributed by atoms with Crippen LogP contribution in [0.4, 0.5) is 0 Å². The number of methoxy groups -OCH3 is 2. The zero-order valence-corrected chi connectivity index (χ0v) is 17.5. The monoisotopic (exact) mass is 383 g/mol. The Hall–Kier alpha value is -2.53. The van der Waals surface area contributed by atoms with Crippen LogP contribution in [0, 0.1) is 6.92 Å². The van der Waals surface area contributed by atoms with Gasteiger partial charge in [-0.1, -0.05) is 29.8 Å². The van der Waals surface area contributed by atoms with Crippen LogP contribution in [-0.2, 0) is 17.8 Å². The molecule has 28 heavy (non-hydrogen) atoms. The molecule has 2 N–H and O–H groups in total. The van der Waals surface area contributed by atoms with Gasteiger partial charge in [0.15, 0.2) is 11.5 Å². The van der Waals surface area contributed by atoms with E-state index in [0.717, 1.165) is 31.0 Å². The van der Waals surface area contributed by atoms with Gasteiger partial charge in [-0.3, -0.25) is 4.79 Å². The first kappa shape index (κ1) is 20.2. The minimum Gasteiger partial charge on any atom is -0.493 e. The number of rotatable bonds is 6. The number of hydrogen-bond donors (Lipinski definition) is 2. The first-order valence-electron chi connectivity index (χ1n) is 9.85. The summed E-state index contributed by atoms with van der Waals surface area (Å²) in [5.74, 6) is 1.49. The van der Waals surface area contributed by atoms with Crippen molar-refractivity contribution in [3.05, 3.63) is 58.7 Å². The van der Waals surface area contributed by atoms with Gasteiger partial charge in [0.2, 0.25) is 5.91 Å². The number of amides is 1. The number of carbonyl (C=O) groups excluding carboxylic acids is 1. The minimum atomic E-state index is -0.00462. The Morgan fingerprint density at radius 3 is 2.57 bits per heavy atom. The highest BCUT2D eigenvalue weighted by Crippen LogP contribution is 2.35. The van der Waals surface area contributed by atoms with E-state index in [1.165, 1.54) is 27.2 Å². The van der Waals surface area contributed by atoms with Crippen LogP contribution in [0.15, 0.2) is 36.4 Å². The van der Waals surface area contributed by atoms with Crippen molar-refractivity contribution in [2.45, 2.75) is 45.8 Å².